The minimum atomic E-state index is -1.11. The summed E-state index contributed by atoms with van der Waals surface area (Å²) in [6, 6.07) is 9.07. The highest BCUT2D eigenvalue weighted by molar-refractivity contribution is 6.62. The first kappa shape index (κ1) is 25.7. The van der Waals surface area contributed by atoms with Gasteiger partial charge in [0.05, 0.1) is 11.2 Å². The fraction of sp³-hybridized carbons (Fsp3) is 0.545. The second kappa shape index (κ2) is 10.1. The van der Waals surface area contributed by atoms with Crippen LogP contribution in [0.3, 0.4) is 0 Å². The fourth-order valence-electron chi connectivity index (χ4n) is 2.43. The summed E-state index contributed by atoms with van der Waals surface area (Å²) in [6.45, 7) is 16.8. The van der Waals surface area contributed by atoms with Crippen LogP contribution >= 0.6 is 0 Å². The van der Waals surface area contributed by atoms with Gasteiger partial charge >= 0.3 is 19.2 Å². The Morgan fingerprint density at radius 3 is 2.07 bits per heavy atom. The topological polar surface area (TPSA) is 94.1 Å². The summed E-state index contributed by atoms with van der Waals surface area (Å²) in [7, 11) is -0.240. The highest BCUT2D eigenvalue weighted by atomic mass is 16.7. The van der Waals surface area contributed by atoms with Gasteiger partial charge in [0.2, 0.25) is 0 Å². The molecule has 1 heterocycles. The summed E-state index contributed by atoms with van der Waals surface area (Å²) in [4.78, 5) is 21.9. The number of hydrogen-bond donors (Lipinski definition) is 2. The molecule has 1 unspecified atom stereocenters. The van der Waals surface area contributed by atoms with Crippen molar-refractivity contribution in [3.63, 3.8) is 0 Å². The molecule has 1 aliphatic rings. The van der Waals surface area contributed by atoms with E-state index in [9.17, 15) is 9.59 Å². The van der Waals surface area contributed by atoms with Gasteiger partial charge in [-0.3, -0.25) is 0 Å². The molecule has 7 nitrogen and oxygen atoms in total. The second-order valence-electron chi connectivity index (χ2n) is 9.06. The highest BCUT2D eigenvalue weighted by Crippen LogP contribution is 2.36. The molecule has 0 radical (unpaired) electrons. The second-order valence-corrected chi connectivity index (χ2v) is 9.06. The maximum atomic E-state index is 11.2. The lowest BCUT2D eigenvalue weighted by Crippen LogP contribution is -2.43. The van der Waals surface area contributed by atoms with Crippen LogP contribution < -0.4 is 10.8 Å². The van der Waals surface area contributed by atoms with Crippen LogP contribution in [0, 0.1) is 0 Å². The van der Waals surface area contributed by atoms with Crippen LogP contribution in [0.15, 0.2) is 43.0 Å². The van der Waals surface area contributed by atoms with Gasteiger partial charge in [0.25, 0.3) is 0 Å². The van der Waals surface area contributed by atoms with E-state index in [0.717, 1.165) is 5.46 Å². The summed E-state index contributed by atoms with van der Waals surface area (Å²) in [6.07, 6.45) is 0.849. The molecule has 8 heteroatoms. The van der Waals surface area contributed by atoms with E-state index >= 15 is 0 Å². The number of hydrogen-bond acceptors (Lipinski definition) is 5. The molecule has 0 saturated carbocycles. The maximum Gasteiger partial charge on any atom is 0.494 e. The van der Waals surface area contributed by atoms with Crippen molar-refractivity contribution in [2.75, 3.05) is 0 Å². The van der Waals surface area contributed by atoms with Gasteiger partial charge in [-0.2, -0.15) is 0 Å². The first-order valence-corrected chi connectivity index (χ1v) is 9.92. The summed E-state index contributed by atoms with van der Waals surface area (Å²) in [5.74, 6) is -1.11. The van der Waals surface area contributed by atoms with Gasteiger partial charge in [-0.1, -0.05) is 36.4 Å². The molecular formula is C22H34BNO6. The molecule has 0 aliphatic carbocycles. The van der Waals surface area contributed by atoms with Crippen molar-refractivity contribution in [2.45, 2.75) is 77.7 Å². The Morgan fingerprint density at radius 2 is 1.67 bits per heavy atom. The smallest absolute Gasteiger partial charge is 0.480 e. The number of rotatable bonds is 5. The number of benzene rings is 1. The average molecular weight is 419 g/mol. The quantitative estimate of drug-likeness (QED) is 0.560. The van der Waals surface area contributed by atoms with E-state index in [-0.39, 0.29) is 24.7 Å². The predicted octanol–water partition coefficient (Wildman–Crippen LogP) is 3.53. The molecule has 1 fully saturated rings. The zero-order valence-electron chi connectivity index (χ0n) is 19.0. The van der Waals surface area contributed by atoms with Gasteiger partial charge in [-0.25, -0.2) is 9.59 Å². The Bertz CT molecular complexity index is 711. The van der Waals surface area contributed by atoms with Crippen LogP contribution in [0.2, 0.25) is 0 Å². The lowest BCUT2D eigenvalue weighted by molar-refractivity contribution is -0.139. The first-order chi connectivity index (χ1) is 13.7. The third-order valence-corrected chi connectivity index (χ3v) is 4.72. The molecular weight excluding hydrogens is 385 g/mol. The Balaban J connectivity index is 0.000000300. The molecule has 1 atom stereocenters. The summed E-state index contributed by atoms with van der Waals surface area (Å²) >= 11 is 0. The minimum absolute atomic E-state index is 0.161. The number of carbonyl (C=O) groups is 2. The number of aliphatic carboxylic acids is 1. The lowest BCUT2D eigenvalue weighted by atomic mass is 9.79. The number of carboxylic acids is 1. The van der Waals surface area contributed by atoms with Gasteiger partial charge in [0.1, 0.15) is 11.6 Å². The van der Waals surface area contributed by atoms with Crippen LogP contribution in [0.4, 0.5) is 4.79 Å². The molecule has 1 amide bonds. The molecule has 1 saturated heterocycles. The van der Waals surface area contributed by atoms with E-state index in [1.807, 2.05) is 30.3 Å². The Hall–Kier alpha value is -2.32. The SMILES string of the molecule is C=CCC(NC(=O)OC(C)(C)C)C(=O)O.CC1(C)OB(c2ccccc2)OC1(C)C. The highest BCUT2D eigenvalue weighted by Gasteiger charge is 2.51. The molecule has 2 N–H and O–H groups in total. The summed E-state index contributed by atoms with van der Waals surface area (Å²) in [5, 5.41) is 11.0. The lowest BCUT2D eigenvalue weighted by Gasteiger charge is -2.32. The Kier molecular flexibility index (Phi) is 8.69. The van der Waals surface area contributed by atoms with E-state index in [2.05, 4.69) is 39.6 Å². The van der Waals surface area contributed by atoms with Crippen molar-refractivity contribution >= 4 is 24.6 Å². The summed E-state index contributed by atoms with van der Waals surface area (Å²) < 4.78 is 16.8. The van der Waals surface area contributed by atoms with E-state index in [0.29, 0.717) is 0 Å². The Morgan fingerprint density at radius 1 is 1.17 bits per heavy atom. The van der Waals surface area contributed by atoms with Gasteiger partial charge in [-0.15, -0.1) is 6.58 Å². The van der Waals surface area contributed by atoms with Crippen LogP contribution in [0.1, 0.15) is 54.9 Å². The third kappa shape index (κ3) is 7.84. The minimum Gasteiger partial charge on any atom is -0.480 e. The largest absolute Gasteiger partial charge is 0.494 e. The van der Waals surface area contributed by atoms with E-state index < -0.39 is 23.7 Å². The van der Waals surface area contributed by atoms with E-state index in [1.165, 1.54) is 6.08 Å². The van der Waals surface area contributed by atoms with Crippen molar-refractivity contribution in [3.05, 3.63) is 43.0 Å². The Labute approximate surface area is 179 Å². The van der Waals surface area contributed by atoms with Gasteiger partial charge in [0.15, 0.2) is 0 Å². The molecule has 1 aromatic carbocycles. The molecule has 0 bridgehead atoms. The normalized spacial score (nSPS) is 17.9. The predicted molar refractivity (Wildman–Crippen MR) is 118 cm³/mol. The number of amides is 1. The number of ether oxygens (including phenoxy) is 1. The molecule has 0 aromatic heterocycles. The zero-order chi connectivity index (χ0) is 23.2. The van der Waals surface area contributed by atoms with Crippen molar-refractivity contribution in [1.82, 2.24) is 5.32 Å². The third-order valence-electron chi connectivity index (χ3n) is 4.72. The molecule has 2 rings (SSSR count). The van der Waals surface area contributed by atoms with Gasteiger partial charge in [0, 0.05) is 0 Å². The number of carbonyl (C=O) groups excluding carboxylic acids is 1. The average Bonchev–Trinajstić information content (AvgIpc) is 2.82. The van der Waals surface area contributed by atoms with Crippen LogP contribution in [-0.2, 0) is 18.8 Å². The van der Waals surface area contributed by atoms with E-state index in [4.69, 9.17) is 19.2 Å². The van der Waals surface area contributed by atoms with Crippen molar-refractivity contribution in [2.24, 2.45) is 0 Å². The zero-order valence-corrected chi connectivity index (χ0v) is 19.0. The van der Waals surface area contributed by atoms with Crippen molar-refractivity contribution in [1.29, 1.82) is 0 Å². The molecule has 1 aliphatic heterocycles. The summed E-state index contributed by atoms with van der Waals surface area (Å²) in [5.41, 5.74) is -0.0707. The monoisotopic (exact) mass is 419 g/mol. The van der Waals surface area contributed by atoms with Crippen LogP contribution in [0.25, 0.3) is 0 Å². The fourth-order valence-corrected chi connectivity index (χ4v) is 2.43. The van der Waals surface area contributed by atoms with E-state index in [1.54, 1.807) is 20.8 Å². The molecule has 166 valence electrons. The number of carboxylic acid groups (broad SMARTS) is 1. The van der Waals surface area contributed by atoms with Crippen molar-refractivity contribution in [3.8, 4) is 0 Å². The molecule has 30 heavy (non-hydrogen) atoms. The van der Waals surface area contributed by atoms with Crippen LogP contribution in [-0.4, -0.2) is 47.1 Å². The maximum absolute atomic E-state index is 11.2. The standard InChI is InChI=1S/C12H17BO2.C10H17NO4/c1-11(2)12(3,4)15-13(14-11)10-8-6-5-7-9-10;1-5-6-7(8(12)13)11-9(14)15-10(2,3)4/h5-9H,1-4H3;5,7H,1,6H2,2-4H3,(H,11,14)(H,12,13). The molecule has 1 aromatic rings. The number of alkyl carbamates (subject to hydrolysis) is 1. The molecule has 0 spiro atoms. The first-order valence-electron chi connectivity index (χ1n) is 9.92. The van der Waals surface area contributed by atoms with Crippen molar-refractivity contribution < 1.29 is 28.7 Å². The van der Waals surface area contributed by atoms with Gasteiger partial charge in [-0.05, 0) is 60.3 Å². The van der Waals surface area contributed by atoms with Gasteiger partial charge < -0.3 is 24.5 Å². The number of nitrogens with one attached hydrogen (secondary N) is 1. The van der Waals surface area contributed by atoms with Crippen LogP contribution in [0.5, 0.6) is 0 Å².